The molecule has 2 aliphatic heterocycles. The van der Waals surface area contributed by atoms with Crippen molar-refractivity contribution in [1.82, 2.24) is 10.2 Å². The molecule has 2 saturated heterocycles. The summed E-state index contributed by atoms with van der Waals surface area (Å²) in [7, 11) is 0. The number of hydrogen-bond acceptors (Lipinski definition) is 3. The van der Waals surface area contributed by atoms with Crippen LogP contribution in [0.25, 0.3) is 0 Å². The van der Waals surface area contributed by atoms with Crippen molar-refractivity contribution in [3.05, 3.63) is 0 Å². The Kier molecular flexibility index (Phi) is 5.08. The Hall–Kier alpha value is -0.610. The molecule has 1 amide bonds. The maximum atomic E-state index is 12.2. The Labute approximate surface area is 123 Å². The molecule has 2 heterocycles. The molecule has 0 aromatic rings. The summed E-state index contributed by atoms with van der Waals surface area (Å²) in [6.45, 7) is 8.86. The molecule has 3 atom stereocenters. The standard InChI is InChI=1S/C16H31N3O/c1-16(2,3)11-12(17)10-15(20)18-13-7-9-19-8-5-4-6-14(13)19/h12-14H,4-11,17H2,1-3H3,(H,18,20). The lowest BCUT2D eigenvalue weighted by atomic mass is 9.87. The number of nitrogens with two attached hydrogens (primary N) is 1. The number of amides is 1. The third kappa shape index (κ3) is 4.45. The van der Waals surface area contributed by atoms with Crippen molar-refractivity contribution in [3.8, 4) is 0 Å². The Morgan fingerprint density at radius 1 is 1.30 bits per heavy atom. The van der Waals surface area contributed by atoms with Crippen molar-refractivity contribution in [3.63, 3.8) is 0 Å². The summed E-state index contributed by atoms with van der Waals surface area (Å²) in [6, 6.07) is 0.898. The predicted octanol–water partition coefficient (Wildman–Crippen LogP) is 1.88. The first-order chi connectivity index (χ1) is 9.35. The van der Waals surface area contributed by atoms with Crippen molar-refractivity contribution in [2.24, 2.45) is 11.1 Å². The summed E-state index contributed by atoms with van der Waals surface area (Å²) in [5.41, 5.74) is 6.28. The summed E-state index contributed by atoms with van der Waals surface area (Å²) in [6.07, 6.45) is 6.30. The summed E-state index contributed by atoms with van der Waals surface area (Å²) >= 11 is 0. The Balaban J connectivity index is 1.77. The number of fused-ring (bicyclic) bond motifs is 1. The van der Waals surface area contributed by atoms with Crippen LogP contribution in [0.3, 0.4) is 0 Å². The quantitative estimate of drug-likeness (QED) is 0.827. The van der Waals surface area contributed by atoms with Crippen molar-refractivity contribution in [2.45, 2.75) is 77.4 Å². The maximum Gasteiger partial charge on any atom is 0.221 e. The molecular weight excluding hydrogens is 250 g/mol. The SMILES string of the molecule is CC(C)(C)CC(N)CC(=O)NC1CCN2CCCCC12. The van der Waals surface area contributed by atoms with Crippen molar-refractivity contribution < 1.29 is 4.79 Å². The highest BCUT2D eigenvalue weighted by Crippen LogP contribution is 2.27. The van der Waals surface area contributed by atoms with E-state index in [-0.39, 0.29) is 17.4 Å². The normalized spacial score (nSPS) is 29.0. The predicted molar refractivity (Wildman–Crippen MR) is 82.4 cm³/mol. The number of piperidine rings is 1. The van der Waals surface area contributed by atoms with Gasteiger partial charge in [-0.15, -0.1) is 0 Å². The second-order valence-corrected chi connectivity index (χ2v) is 7.79. The van der Waals surface area contributed by atoms with Crippen LogP contribution in [0.4, 0.5) is 0 Å². The lowest BCUT2D eigenvalue weighted by Crippen LogP contribution is -2.47. The smallest absolute Gasteiger partial charge is 0.221 e. The van der Waals surface area contributed by atoms with Gasteiger partial charge in [0.25, 0.3) is 0 Å². The van der Waals surface area contributed by atoms with Gasteiger partial charge >= 0.3 is 0 Å². The molecule has 4 nitrogen and oxygen atoms in total. The molecule has 3 unspecified atom stereocenters. The minimum absolute atomic E-state index is 0.0288. The largest absolute Gasteiger partial charge is 0.352 e. The van der Waals surface area contributed by atoms with Gasteiger partial charge in [-0.2, -0.15) is 0 Å². The van der Waals surface area contributed by atoms with Gasteiger partial charge in [0.2, 0.25) is 5.91 Å². The van der Waals surface area contributed by atoms with Crippen molar-refractivity contribution in [2.75, 3.05) is 13.1 Å². The van der Waals surface area contributed by atoms with Gasteiger partial charge in [-0.3, -0.25) is 9.69 Å². The molecular formula is C16H31N3O. The van der Waals surface area contributed by atoms with Crippen LogP contribution >= 0.6 is 0 Å². The molecule has 2 rings (SSSR count). The zero-order chi connectivity index (χ0) is 14.8. The lowest BCUT2D eigenvalue weighted by Gasteiger charge is -2.32. The van der Waals surface area contributed by atoms with Gasteiger partial charge in [0.1, 0.15) is 0 Å². The molecule has 3 N–H and O–H groups in total. The molecule has 0 aromatic heterocycles. The van der Waals surface area contributed by atoms with E-state index in [9.17, 15) is 4.79 Å². The van der Waals surface area contributed by atoms with Crippen LogP contribution in [0, 0.1) is 5.41 Å². The first-order valence-corrected chi connectivity index (χ1v) is 8.14. The molecule has 0 radical (unpaired) electrons. The van der Waals surface area contributed by atoms with E-state index in [0.717, 1.165) is 19.4 Å². The van der Waals surface area contributed by atoms with E-state index in [4.69, 9.17) is 5.73 Å². The third-order valence-corrected chi connectivity index (χ3v) is 4.52. The van der Waals surface area contributed by atoms with E-state index < -0.39 is 0 Å². The zero-order valence-electron chi connectivity index (χ0n) is 13.3. The fraction of sp³-hybridized carbons (Fsp3) is 0.938. The molecule has 2 fully saturated rings. The maximum absolute atomic E-state index is 12.2. The fourth-order valence-corrected chi connectivity index (χ4v) is 3.78. The molecule has 2 aliphatic rings. The number of nitrogens with one attached hydrogen (secondary N) is 1. The van der Waals surface area contributed by atoms with Crippen LogP contribution in [-0.2, 0) is 4.79 Å². The second kappa shape index (κ2) is 6.44. The molecule has 4 heteroatoms. The van der Waals surface area contributed by atoms with Gasteiger partial charge in [0.05, 0.1) is 0 Å². The van der Waals surface area contributed by atoms with Gasteiger partial charge < -0.3 is 11.1 Å². The fourth-order valence-electron chi connectivity index (χ4n) is 3.78. The van der Waals surface area contributed by atoms with Gasteiger partial charge in [-0.05, 0) is 37.6 Å². The van der Waals surface area contributed by atoms with E-state index in [0.29, 0.717) is 18.5 Å². The Morgan fingerprint density at radius 3 is 2.75 bits per heavy atom. The number of nitrogens with zero attached hydrogens (tertiary/aromatic N) is 1. The highest BCUT2D eigenvalue weighted by atomic mass is 16.1. The van der Waals surface area contributed by atoms with E-state index in [1.807, 2.05) is 0 Å². The van der Waals surface area contributed by atoms with E-state index in [1.54, 1.807) is 0 Å². The molecule has 0 bridgehead atoms. The topological polar surface area (TPSA) is 58.4 Å². The third-order valence-electron chi connectivity index (χ3n) is 4.52. The monoisotopic (exact) mass is 281 g/mol. The summed E-state index contributed by atoms with van der Waals surface area (Å²) in [4.78, 5) is 14.7. The molecule has 0 spiro atoms. The van der Waals surface area contributed by atoms with Crippen molar-refractivity contribution >= 4 is 5.91 Å². The van der Waals surface area contributed by atoms with Gasteiger partial charge in [0, 0.05) is 31.1 Å². The highest BCUT2D eigenvalue weighted by molar-refractivity contribution is 5.77. The molecule has 0 saturated carbocycles. The summed E-state index contributed by atoms with van der Waals surface area (Å²) < 4.78 is 0. The van der Waals surface area contributed by atoms with Gasteiger partial charge in [-0.25, -0.2) is 0 Å². The number of carbonyl (C=O) groups is 1. The minimum atomic E-state index is -0.0288. The number of carbonyl (C=O) groups excluding carboxylic acids is 1. The molecule has 20 heavy (non-hydrogen) atoms. The number of rotatable bonds is 4. The summed E-state index contributed by atoms with van der Waals surface area (Å²) in [5.74, 6) is 0.138. The van der Waals surface area contributed by atoms with Crippen LogP contribution in [0.15, 0.2) is 0 Å². The lowest BCUT2D eigenvalue weighted by molar-refractivity contribution is -0.122. The van der Waals surface area contributed by atoms with Crippen LogP contribution < -0.4 is 11.1 Å². The van der Waals surface area contributed by atoms with E-state index in [1.165, 1.54) is 25.8 Å². The molecule has 0 aliphatic carbocycles. The Morgan fingerprint density at radius 2 is 2.05 bits per heavy atom. The number of hydrogen-bond donors (Lipinski definition) is 2. The van der Waals surface area contributed by atoms with Crippen LogP contribution in [0.2, 0.25) is 0 Å². The first-order valence-electron chi connectivity index (χ1n) is 8.14. The van der Waals surface area contributed by atoms with Gasteiger partial charge in [-0.1, -0.05) is 27.2 Å². The van der Waals surface area contributed by atoms with Gasteiger partial charge in [0.15, 0.2) is 0 Å². The molecule has 0 aromatic carbocycles. The van der Waals surface area contributed by atoms with E-state index in [2.05, 4.69) is 31.0 Å². The average Bonchev–Trinajstić information content (AvgIpc) is 2.70. The van der Waals surface area contributed by atoms with Crippen LogP contribution in [0.1, 0.15) is 59.3 Å². The molecule has 116 valence electrons. The first kappa shape index (κ1) is 15.8. The van der Waals surface area contributed by atoms with Crippen molar-refractivity contribution in [1.29, 1.82) is 0 Å². The second-order valence-electron chi connectivity index (χ2n) is 7.79. The zero-order valence-corrected chi connectivity index (χ0v) is 13.3. The van der Waals surface area contributed by atoms with Crippen LogP contribution in [-0.4, -0.2) is 42.0 Å². The summed E-state index contributed by atoms with van der Waals surface area (Å²) in [5, 5.41) is 3.23. The minimum Gasteiger partial charge on any atom is -0.352 e. The highest BCUT2D eigenvalue weighted by Gasteiger charge is 2.36. The van der Waals surface area contributed by atoms with Crippen LogP contribution in [0.5, 0.6) is 0 Å². The Bertz CT molecular complexity index is 337. The average molecular weight is 281 g/mol. The van der Waals surface area contributed by atoms with E-state index >= 15 is 0 Å².